The summed E-state index contributed by atoms with van der Waals surface area (Å²) in [5.74, 6) is 0.705. The van der Waals surface area contributed by atoms with Gasteiger partial charge in [0.15, 0.2) is 11.0 Å². The lowest BCUT2D eigenvalue weighted by Gasteiger charge is -2.22. The molecule has 3 rings (SSSR count). The number of carbonyl (C=O) groups excluding carboxylic acids is 2. The fourth-order valence-corrected chi connectivity index (χ4v) is 4.88. The predicted octanol–water partition coefficient (Wildman–Crippen LogP) is 6.21. The number of anilines is 1. The maximum atomic E-state index is 12.8. The topological polar surface area (TPSA) is 88.9 Å². The molecule has 0 saturated carbocycles. The third-order valence-electron chi connectivity index (χ3n) is 5.46. The molecule has 10 heteroatoms. The van der Waals surface area contributed by atoms with Crippen molar-refractivity contribution >= 4 is 56.8 Å². The Kier molecular flexibility index (Phi) is 9.38. The molecule has 0 aliphatic rings. The van der Waals surface area contributed by atoms with Crippen molar-refractivity contribution < 1.29 is 9.59 Å². The first-order valence-corrected chi connectivity index (χ1v) is 13.4. The Morgan fingerprint density at radius 3 is 2.49 bits per heavy atom. The highest BCUT2D eigenvalue weighted by molar-refractivity contribution is 9.10. The zero-order valence-corrected chi connectivity index (χ0v) is 23.5. The summed E-state index contributed by atoms with van der Waals surface area (Å²) >= 11 is 11.0. The van der Waals surface area contributed by atoms with Gasteiger partial charge >= 0.3 is 0 Å². The van der Waals surface area contributed by atoms with Crippen LogP contribution in [0.1, 0.15) is 61.4 Å². The molecule has 0 bridgehead atoms. The zero-order chi connectivity index (χ0) is 25.7. The Balaban J connectivity index is 1.69. The zero-order valence-electron chi connectivity index (χ0n) is 20.3. The van der Waals surface area contributed by atoms with Gasteiger partial charge in [-0.3, -0.25) is 9.59 Å². The van der Waals surface area contributed by atoms with Crippen molar-refractivity contribution in [3.63, 3.8) is 0 Å². The summed E-state index contributed by atoms with van der Waals surface area (Å²) in [7, 11) is 1.83. The Hall–Kier alpha value is -2.36. The van der Waals surface area contributed by atoms with E-state index in [4.69, 9.17) is 11.6 Å². The summed E-state index contributed by atoms with van der Waals surface area (Å²) in [6, 6.07) is 12.4. The van der Waals surface area contributed by atoms with Gasteiger partial charge in [0.25, 0.3) is 5.91 Å². The van der Waals surface area contributed by atoms with Crippen LogP contribution in [0.15, 0.2) is 52.1 Å². The minimum Gasteiger partial charge on any atom is -0.342 e. The van der Waals surface area contributed by atoms with E-state index in [1.54, 1.807) is 24.3 Å². The minimum atomic E-state index is -0.379. The lowest BCUT2D eigenvalue weighted by molar-refractivity contribution is -0.113. The van der Waals surface area contributed by atoms with Crippen LogP contribution in [-0.4, -0.2) is 32.3 Å². The van der Waals surface area contributed by atoms with E-state index in [1.807, 2.05) is 43.7 Å². The van der Waals surface area contributed by atoms with Crippen molar-refractivity contribution in [2.45, 2.75) is 44.8 Å². The van der Waals surface area contributed by atoms with E-state index in [0.29, 0.717) is 21.6 Å². The Morgan fingerprint density at radius 2 is 1.83 bits per heavy atom. The summed E-state index contributed by atoms with van der Waals surface area (Å²) in [6.45, 7) is 8.17. The van der Waals surface area contributed by atoms with Crippen LogP contribution >= 0.6 is 39.3 Å². The van der Waals surface area contributed by atoms with Crippen molar-refractivity contribution in [1.82, 2.24) is 20.1 Å². The summed E-state index contributed by atoms with van der Waals surface area (Å²) in [5, 5.41) is 15.6. The normalized spacial score (nSPS) is 12.1. The van der Waals surface area contributed by atoms with Crippen LogP contribution in [0.25, 0.3) is 0 Å². The number of amides is 2. The quantitative estimate of drug-likeness (QED) is 0.295. The van der Waals surface area contributed by atoms with Crippen LogP contribution < -0.4 is 10.6 Å². The number of halogens is 2. The van der Waals surface area contributed by atoms with Crippen LogP contribution in [0.4, 0.5) is 5.69 Å². The smallest absolute Gasteiger partial charge is 0.253 e. The maximum Gasteiger partial charge on any atom is 0.253 e. The molecule has 2 aromatic carbocycles. The van der Waals surface area contributed by atoms with Gasteiger partial charge in [0.05, 0.1) is 22.4 Å². The van der Waals surface area contributed by atoms with Gasteiger partial charge in [-0.2, -0.15) is 0 Å². The summed E-state index contributed by atoms with van der Waals surface area (Å²) in [6.07, 6.45) is 0. The number of carbonyl (C=O) groups is 2. The number of aromatic nitrogens is 3. The molecular weight excluding hydrogens is 550 g/mol. The summed E-state index contributed by atoms with van der Waals surface area (Å²) in [5.41, 5.74) is 2.27. The molecular formula is C25H29BrClN5O2S. The van der Waals surface area contributed by atoms with E-state index >= 15 is 0 Å². The minimum absolute atomic E-state index is 0.0531. The van der Waals surface area contributed by atoms with Crippen LogP contribution in [0, 0.1) is 5.92 Å². The van der Waals surface area contributed by atoms with Gasteiger partial charge in [0.1, 0.15) is 0 Å². The monoisotopic (exact) mass is 577 g/mol. The fourth-order valence-electron chi connectivity index (χ4n) is 3.56. The second-order valence-electron chi connectivity index (χ2n) is 8.80. The van der Waals surface area contributed by atoms with E-state index in [2.05, 4.69) is 50.6 Å². The molecule has 0 unspecified atom stereocenters. The molecule has 35 heavy (non-hydrogen) atoms. The van der Waals surface area contributed by atoms with Crippen LogP contribution in [0.3, 0.4) is 0 Å². The highest BCUT2D eigenvalue weighted by atomic mass is 79.9. The molecule has 2 amide bonds. The Bertz CT molecular complexity index is 1210. The molecule has 186 valence electrons. The highest BCUT2D eigenvalue weighted by Crippen LogP contribution is 2.29. The second kappa shape index (κ2) is 12.1. The van der Waals surface area contributed by atoms with Crippen LogP contribution in [0.2, 0.25) is 5.02 Å². The average molecular weight is 579 g/mol. The lowest BCUT2D eigenvalue weighted by Crippen LogP contribution is -2.33. The number of nitrogens with zero attached hydrogens (tertiary/aromatic N) is 3. The van der Waals surface area contributed by atoms with E-state index in [1.165, 1.54) is 11.8 Å². The first-order valence-electron chi connectivity index (χ1n) is 11.2. The number of thioether (sulfide) groups is 1. The number of nitrogens with one attached hydrogen (secondary N) is 2. The standard InChI is InChI=1S/C25H29BrClN5O2S/c1-14(2)18-12-16(26)10-11-20(18)28-21(33)13-35-25-31-30-23(32(25)5)22(15(3)4)29-24(34)17-8-6-7-9-19(17)27/h6-12,14-15,22H,13H2,1-5H3,(H,28,33)(H,29,34)/t22-/m1/s1. The largest absolute Gasteiger partial charge is 0.342 e. The van der Waals surface area contributed by atoms with Crippen molar-refractivity contribution in [1.29, 1.82) is 0 Å². The predicted molar refractivity (Wildman–Crippen MR) is 145 cm³/mol. The molecule has 1 atom stereocenters. The van der Waals surface area contributed by atoms with E-state index < -0.39 is 0 Å². The highest BCUT2D eigenvalue weighted by Gasteiger charge is 2.26. The van der Waals surface area contributed by atoms with Gasteiger partial charge in [-0.15, -0.1) is 10.2 Å². The van der Waals surface area contributed by atoms with Crippen LogP contribution in [0.5, 0.6) is 0 Å². The molecule has 2 N–H and O–H groups in total. The molecule has 0 saturated heterocycles. The van der Waals surface area contributed by atoms with Crippen molar-refractivity contribution in [3.8, 4) is 0 Å². The Morgan fingerprint density at radius 1 is 1.11 bits per heavy atom. The van der Waals surface area contributed by atoms with Gasteiger partial charge in [-0.1, -0.05) is 79.1 Å². The molecule has 1 aromatic heterocycles. The molecule has 0 radical (unpaired) electrons. The summed E-state index contributed by atoms with van der Waals surface area (Å²) < 4.78 is 2.79. The van der Waals surface area contributed by atoms with Gasteiger partial charge in [0, 0.05) is 17.2 Å². The van der Waals surface area contributed by atoms with Gasteiger partial charge in [-0.25, -0.2) is 0 Å². The van der Waals surface area contributed by atoms with E-state index in [9.17, 15) is 9.59 Å². The molecule has 0 aliphatic heterocycles. The first-order chi connectivity index (χ1) is 16.6. The molecule has 0 spiro atoms. The molecule has 7 nitrogen and oxygen atoms in total. The van der Waals surface area contributed by atoms with Crippen LogP contribution in [-0.2, 0) is 11.8 Å². The third kappa shape index (κ3) is 6.86. The van der Waals surface area contributed by atoms with Gasteiger partial charge in [-0.05, 0) is 47.7 Å². The Labute approximate surface area is 223 Å². The number of benzene rings is 2. The van der Waals surface area contributed by atoms with Gasteiger partial charge in [0.2, 0.25) is 5.91 Å². The lowest BCUT2D eigenvalue weighted by atomic mass is 10.0. The first kappa shape index (κ1) is 27.2. The summed E-state index contributed by atoms with van der Waals surface area (Å²) in [4.78, 5) is 25.5. The van der Waals surface area contributed by atoms with Crippen molar-refractivity contribution in [2.75, 3.05) is 11.1 Å². The fraction of sp³-hybridized carbons (Fsp3) is 0.360. The average Bonchev–Trinajstić information content (AvgIpc) is 3.16. The SMILES string of the molecule is CC(C)c1cc(Br)ccc1NC(=O)CSc1nnc([C@H](NC(=O)c2ccccc2Cl)C(C)C)n1C. The second-order valence-corrected chi connectivity index (χ2v) is 11.1. The molecule has 0 fully saturated rings. The van der Waals surface area contributed by atoms with Crippen molar-refractivity contribution in [3.05, 3.63) is 68.9 Å². The molecule has 1 heterocycles. The number of hydrogen-bond donors (Lipinski definition) is 2. The van der Waals surface area contributed by atoms with E-state index in [-0.39, 0.29) is 35.4 Å². The molecule has 0 aliphatic carbocycles. The maximum absolute atomic E-state index is 12.8. The number of hydrogen-bond acceptors (Lipinski definition) is 5. The third-order valence-corrected chi connectivity index (χ3v) is 7.30. The van der Waals surface area contributed by atoms with Crippen molar-refractivity contribution in [2.24, 2.45) is 13.0 Å². The molecule has 3 aromatic rings. The van der Waals surface area contributed by atoms with E-state index in [0.717, 1.165) is 15.7 Å². The number of rotatable bonds is 9. The van der Waals surface area contributed by atoms with Gasteiger partial charge < -0.3 is 15.2 Å².